The van der Waals surface area contributed by atoms with Crippen molar-refractivity contribution in [1.82, 2.24) is 19.5 Å². The lowest BCUT2D eigenvalue weighted by Gasteiger charge is -2.07. The Balaban J connectivity index is 2.00. The summed E-state index contributed by atoms with van der Waals surface area (Å²) in [5.41, 5.74) is 4.59. The summed E-state index contributed by atoms with van der Waals surface area (Å²) < 4.78 is 1.44. The van der Waals surface area contributed by atoms with Gasteiger partial charge in [-0.15, -0.1) is 0 Å². The van der Waals surface area contributed by atoms with Crippen LogP contribution in [0.15, 0.2) is 55.1 Å². The van der Waals surface area contributed by atoms with Crippen molar-refractivity contribution in [2.75, 3.05) is 0 Å². The number of para-hydroxylation sites is 1. The lowest BCUT2D eigenvalue weighted by Crippen LogP contribution is -2.11. The van der Waals surface area contributed by atoms with Gasteiger partial charge in [-0.2, -0.15) is 0 Å². The summed E-state index contributed by atoms with van der Waals surface area (Å²) in [7, 11) is 0. The summed E-state index contributed by atoms with van der Waals surface area (Å²) in [6.07, 6.45) is 4.69. The molecule has 0 atom stereocenters. The molecule has 0 radical (unpaired) electrons. The van der Waals surface area contributed by atoms with E-state index in [9.17, 15) is 4.79 Å². The summed E-state index contributed by atoms with van der Waals surface area (Å²) in [5, 5.41) is 0. The molecule has 0 unspecified atom stereocenters. The van der Waals surface area contributed by atoms with E-state index in [1.807, 2.05) is 37.3 Å². The summed E-state index contributed by atoms with van der Waals surface area (Å²) in [4.78, 5) is 25.7. The molecule has 5 nitrogen and oxygen atoms in total. The molecule has 0 saturated heterocycles. The van der Waals surface area contributed by atoms with Crippen LogP contribution in [-0.4, -0.2) is 25.4 Å². The van der Waals surface area contributed by atoms with Gasteiger partial charge in [-0.1, -0.05) is 12.1 Å². The number of carbonyl (C=O) groups excluding carboxylic acids is 1. The van der Waals surface area contributed by atoms with Gasteiger partial charge >= 0.3 is 0 Å². The van der Waals surface area contributed by atoms with E-state index in [1.54, 1.807) is 18.5 Å². The van der Waals surface area contributed by atoms with Gasteiger partial charge in [0.05, 0.1) is 22.1 Å². The van der Waals surface area contributed by atoms with Crippen molar-refractivity contribution < 1.29 is 4.79 Å². The van der Waals surface area contributed by atoms with Gasteiger partial charge < -0.3 is 0 Å². The monoisotopic (exact) mass is 288 g/mol. The normalized spacial score (nSPS) is 11.1. The highest BCUT2D eigenvalue weighted by atomic mass is 16.2. The predicted octanol–water partition coefficient (Wildman–Crippen LogP) is 2.98. The summed E-state index contributed by atoms with van der Waals surface area (Å²) >= 11 is 0. The fourth-order valence-corrected chi connectivity index (χ4v) is 2.50. The first-order valence-electron chi connectivity index (χ1n) is 6.92. The van der Waals surface area contributed by atoms with Crippen molar-refractivity contribution in [1.29, 1.82) is 0 Å². The van der Waals surface area contributed by atoms with Crippen molar-refractivity contribution in [3.8, 4) is 0 Å². The Morgan fingerprint density at radius 3 is 2.77 bits per heavy atom. The van der Waals surface area contributed by atoms with Crippen LogP contribution in [0.3, 0.4) is 0 Å². The van der Waals surface area contributed by atoms with Crippen molar-refractivity contribution in [2.45, 2.75) is 6.92 Å². The number of benzene rings is 2. The molecule has 0 aliphatic carbocycles. The molecule has 0 aliphatic rings. The minimum atomic E-state index is -0.163. The molecule has 0 N–H and O–H groups in total. The molecule has 2 aromatic heterocycles. The largest absolute Gasteiger partial charge is 0.272 e. The van der Waals surface area contributed by atoms with E-state index in [0.717, 1.165) is 16.6 Å². The van der Waals surface area contributed by atoms with E-state index < -0.39 is 0 Å². The van der Waals surface area contributed by atoms with Gasteiger partial charge in [-0.05, 0) is 36.8 Å². The van der Waals surface area contributed by atoms with Gasteiger partial charge in [-0.3, -0.25) is 9.36 Å². The molecule has 0 aliphatic heterocycles. The first kappa shape index (κ1) is 12.6. The molecule has 0 fully saturated rings. The highest BCUT2D eigenvalue weighted by Gasteiger charge is 2.14. The smallest absolute Gasteiger partial charge is 0.265 e. The molecule has 0 saturated carbocycles. The van der Waals surface area contributed by atoms with E-state index in [-0.39, 0.29) is 5.91 Å². The number of imidazole rings is 1. The summed E-state index contributed by atoms with van der Waals surface area (Å²) in [6.45, 7) is 2.02. The molecule has 2 aromatic carbocycles. The Morgan fingerprint density at radius 2 is 1.95 bits per heavy atom. The third kappa shape index (κ3) is 1.95. The number of carbonyl (C=O) groups is 1. The Bertz CT molecular complexity index is 1010. The van der Waals surface area contributed by atoms with Gasteiger partial charge in [0, 0.05) is 12.4 Å². The second-order valence-electron chi connectivity index (χ2n) is 5.16. The van der Waals surface area contributed by atoms with Gasteiger partial charge in [-0.25, -0.2) is 15.0 Å². The molecular weight excluding hydrogens is 276 g/mol. The van der Waals surface area contributed by atoms with Crippen molar-refractivity contribution >= 4 is 28.0 Å². The van der Waals surface area contributed by atoms with Crippen LogP contribution in [0.5, 0.6) is 0 Å². The molecule has 106 valence electrons. The fraction of sp³-hybridized carbons (Fsp3) is 0.0588. The van der Waals surface area contributed by atoms with E-state index in [1.165, 1.54) is 10.9 Å². The fourth-order valence-electron chi connectivity index (χ4n) is 2.50. The zero-order chi connectivity index (χ0) is 15.1. The van der Waals surface area contributed by atoms with Crippen LogP contribution in [0.4, 0.5) is 0 Å². The topological polar surface area (TPSA) is 60.7 Å². The molecule has 0 amide bonds. The predicted molar refractivity (Wildman–Crippen MR) is 83.7 cm³/mol. The molecule has 2 heterocycles. The quantitative estimate of drug-likeness (QED) is 0.505. The number of aryl methyl sites for hydroxylation is 1. The second kappa shape index (κ2) is 4.73. The standard InChI is InChI=1S/C17H12N4O/c1-11-5-6-13-15(9-11)19-14-4-2-3-12(16(14)20-13)17(22)21-8-7-18-10-21/h2-10H,1H3. The molecule has 4 aromatic rings. The number of hydrogen-bond acceptors (Lipinski definition) is 4. The minimum Gasteiger partial charge on any atom is -0.272 e. The van der Waals surface area contributed by atoms with Crippen molar-refractivity contribution in [2.24, 2.45) is 0 Å². The lowest BCUT2D eigenvalue weighted by atomic mass is 10.1. The minimum absolute atomic E-state index is 0.163. The molecule has 0 bridgehead atoms. The van der Waals surface area contributed by atoms with Gasteiger partial charge in [0.1, 0.15) is 11.8 Å². The van der Waals surface area contributed by atoms with Gasteiger partial charge in [0.15, 0.2) is 0 Å². The number of hydrogen-bond donors (Lipinski definition) is 0. The summed E-state index contributed by atoms with van der Waals surface area (Å²) in [5.74, 6) is -0.163. The Hall–Kier alpha value is -3.08. The third-order valence-corrected chi connectivity index (χ3v) is 3.59. The first-order chi connectivity index (χ1) is 10.7. The zero-order valence-electron chi connectivity index (χ0n) is 11.9. The number of fused-ring (bicyclic) bond motifs is 2. The highest BCUT2D eigenvalue weighted by molar-refractivity contribution is 6.06. The molecule has 22 heavy (non-hydrogen) atoms. The summed E-state index contributed by atoms with van der Waals surface area (Å²) in [6, 6.07) is 11.4. The van der Waals surface area contributed by atoms with E-state index >= 15 is 0 Å². The number of rotatable bonds is 1. The Kier molecular flexibility index (Phi) is 2.72. The Labute approximate surface area is 126 Å². The average Bonchev–Trinajstić information content (AvgIpc) is 3.06. The highest BCUT2D eigenvalue weighted by Crippen LogP contribution is 2.21. The maximum atomic E-state index is 12.6. The van der Waals surface area contributed by atoms with Gasteiger partial charge in [0.25, 0.3) is 5.91 Å². The van der Waals surface area contributed by atoms with Crippen molar-refractivity contribution in [3.05, 3.63) is 66.2 Å². The van der Waals surface area contributed by atoms with Crippen LogP contribution in [0.2, 0.25) is 0 Å². The lowest BCUT2D eigenvalue weighted by molar-refractivity contribution is 0.0961. The maximum Gasteiger partial charge on any atom is 0.265 e. The van der Waals surface area contributed by atoms with Gasteiger partial charge in [0.2, 0.25) is 0 Å². The van der Waals surface area contributed by atoms with E-state index in [4.69, 9.17) is 0 Å². The molecule has 4 rings (SSSR count). The van der Waals surface area contributed by atoms with Crippen LogP contribution in [0.1, 0.15) is 15.9 Å². The van der Waals surface area contributed by atoms with E-state index in [0.29, 0.717) is 16.6 Å². The number of nitrogens with zero attached hydrogens (tertiary/aromatic N) is 4. The zero-order valence-corrected chi connectivity index (χ0v) is 11.9. The average molecular weight is 288 g/mol. The molecule has 0 spiro atoms. The van der Waals surface area contributed by atoms with E-state index in [2.05, 4.69) is 15.0 Å². The van der Waals surface area contributed by atoms with Crippen LogP contribution in [0.25, 0.3) is 22.1 Å². The van der Waals surface area contributed by atoms with Crippen LogP contribution in [0, 0.1) is 6.92 Å². The second-order valence-corrected chi connectivity index (χ2v) is 5.16. The molecule has 5 heteroatoms. The Morgan fingerprint density at radius 1 is 1.05 bits per heavy atom. The van der Waals surface area contributed by atoms with Crippen LogP contribution in [-0.2, 0) is 0 Å². The first-order valence-corrected chi connectivity index (χ1v) is 6.92. The third-order valence-electron chi connectivity index (χ3n) is 3.59. The van der Waals surface area contributed by atoms with Crippen molar-refractivity contribution in [3.63, 3.8) is 0 Å². The van der Waals surface area contributed by atoms with Crippen LogP contribution >= 0.6 is 0 Å². The van der Waals surface area contributed by atoms with Crippen LogP contribution < -0.4 is 0 Å². The maximum absolute atomic E-state index is 12.6. The molecular formula is C17H12N4O. The SMILES string of the molecule is Cc1ccc2nc3c(C(=O)n4ccnc4)cccc3nc2c1. The number of aromatic nitrogens is 4.